The summed E-state index contributed by atoms with van der Waals surface area (Å²) in [4.78, 5) is 5.35. The molecule has 2 rings (SSSR count). The lowest BCUT2D eigenvalue weighted by Crippen LogP contribution is -2.29. The molecule has 1 aromatic rings. The molecule has 0 unspecified atom stereocenters. The second kappa shape index (κ2) is 4.59. The zero-order chi connectivity index (χ0) is 10.7. The number of fused-ring (bicyclic) bond motifs is 1. The minimum atomic E-state index is 0.589. The fraction of sp³-hybridized carbons (Fsp3) is 0.100. The lowest BCUT2D eigenvalue weighted by molar-refractivity contribution is 1.19. The van der Waals surface area contributed by atoms with Crippen molar-refractivity contribution in [3.05, 3.63) is 35.9 Å². The maximum atomic E-state index is 5.90. The molecule has 0 fully saturated rings. The van der Waals surface area contributed by atoms with Crippen molar-refractivity contribution in [2.24, 2.45) is 4.99 Å². The summed E-state index contributed by atoms with van der Waals surface area (Å²) in [6.45, 7) is 4.20. The van der Waals surface area contributed by atoms with Crippen LogP contribution in [0.1, 0.15) is 0 Å². The Bertz CT molecular complexity index is 417. The molecule has 0 amide bonds. The van der Waals surface area contributed by atoms with E-state index in [2.05, 4.69) is 21.6 Å². The molecule has 0 radical (unpaired) electrons. The van der Waals surface area contributed by atoms with Gasteiger partial charge in [0.2, 0.25) is 5.96 Å². The van der Waals surface area contributed by atoms with Crippen LogP contribution in [0, 0.1) is 0 Å². The summed E-state index contributed by atoms with van der Waals surface area (Å²) in [5.41, 5.74) is 0.981. The summed E-state index contributed by atoms with van der Waals surface area (Å²) < 4.78 is 3.09. The summed E-state index contributed by atoms with van der Waals surface area (Å²) in [6.07, 6.45) is 1.74. The van der Waals surface area contributed by atoms with Crippen molar-refractivity contribution in [1.29, 1.82) is 0 Å². The van der Waals surface area contributed by atoms with Gasteiger partial charge in [-0.25, -0.2) is 4.99 Å². The summed E-state index contributed by atoms with van der Waals surface area (Å²) in [5, 5.41) is 3.87. The van der Waals surface area contributed by atoms with E-state index >= 15 is 0 Å². The van der Waals surface area contributed by atoms with E-state index in [0.29, 0.717) is 11.6 Å². The molecule has 1 heterocycles. The van der Waals surface area contributed by atoms with Crippen molar-refractivity contribution in [3.8, 4) is 0 Å². The molecule has 0 atom stereocenters. The molecule has 78 valence electrons. The second-order valence-corrected chi connectivity index (χ2v) is 4.23. The Labute approximate surface area is 97.8 Å². The zero-order valence-electron chi connectivity index (χ0n) is 7.96. The highest BCUT2D eigenvalue weighted by Crippen LogP contribution is 2.30. The highest BCUT2D eigenvalue weighted by atomic mass is 35.5. The van der Waals surface area contributed by atoms with Crippen molar-refractivity contribution >= 4 is 35.2 Å². The van der Waals surface area contributed by atoms with Gasteiger partial charge in [-0.05, 0) is 30.1 Å². The van der Waals surface area contributed by atoms with Crippen LogP contribution in [0.3, 0.4) is 0 Å². The molecule has 1 aliphatic rings. The predicted octanol–water partition coefficient (Wildman–Crippen LogP) is 2.90. The molecular formula is C10H10ClN3S. The Balaban J connectivity index is 2.21. The topological polar surface area (TPSA) is 36.4 Å². The number of benzene rings is 1. The van der Waals surface area contributed by atoms with E-state index in [1.807, 2.05) is 18.2 Å². The van der Waals surface area contributed by atoms with Gasteiger partial charge in [0.15, 0.2) is 0 Å². The Morgan fingerprint density at radius 1 is 1.53 bits per heavy atom. The third-order valence-corrected chi connectivity index (χ3v) is 2.94. The van der Waals surface area contributed by atoms with E-state index in [1.165, 1.54) is 11.9 Å². The molecule has 0 aliphatic carbocycles. The van der Waals surface area contributed by atoms with Gasteiger partial charge in [-0.3, -0.25) is 4.72 Å². The molecule has 0 aromatic heterocycles. The lowest BCUT2D eigenvalue weighted by Gasteiger charge is -2.20. The molecule has 0 bridgehead atoms. The van der Waals surface area contributed by atoms with Crippen LogP contribution in [-0.2, 0) is 0 Å². The molecular weight excluding hydrogens is 230 g/mol. The first-order valence-corrected chi connectivity index (χ1v) is 5.64. The smallest absolute Gasteiger partial charge is 0.206 e. The third kappa shape index (κ3) is 2.46. The normalized spacial score (nSPS) is 16.5. The molecule has 5 heteroatoms. The van der Waals surface area contributed by atoms with Crippen LogP contribution >= 0.6 is 23.5 Å². The van der Waals surface area contributed by atoms with E-state index < -0.39 is 0 Å². The summed E-state index contributed by atoms with van der Waals surface area (Å²) in [5.74, 6) is 0.731. The number of hydrogen-bond acceptors (Lipinski definition) is 2. The van der Waals surface area contributed by atoms with Gasteiger partial charge in [0.05, 0.1) is 17.1 Å². The van der Waals surface area contributed by atoms with E-state index in [4.69, 9.17) is 11.6 Å². The van der Waals surface area contributed by atoms with Crippen LogP contribution in [0.15, 0.2) is 40.7 Å². The molecule has 1 aromatic carbocycles. The minimum absolute atomic E-state index is 0.589. The fourth-order valence-corrected chi connectivity index (χ4v) is 2.02. The van der Waals surface area contributed by atoms with Gasteiger partial charge in [-0.1, -0.05) is 17.7 Å². The Morgan fingerprint density at radius 2 is 2.40 bits per heavy atom. The number of nitrogens with zero attached hydrogens (tertiary/aromatic N) is 1. The van der Waals surface area contributed by atoms with Crippen molar-refractivity contribution in [3.63, 3.8) is 0 Å². The number of nitrogens with one attached hydrogen (secondary N) is 2. The van der Waals surface area contributed by atoms with Crippen molar-refractivity contribution in [2.45, 2.75) is 4.90 Å². The highest BCUT2D eigenvalue weighted by Gasteiger charge is 2.12. The number of halogens is 1. The van der Waals surface area contributed by atoms with Gasteiger partial charge in [-0.15, -0.1) is 6.58 Å². The molecule has 1 aliphatic heterocycles. The van der Waals surface area contributed by atoms with E-state index in [1.54, 1.807) is 6.08 Å². The average Bonchev–Trinajstić information content (AvgIpc) is 2.25. The number of guanidine groups is 1. The van der Waals surface area contributed by atoms with Gasteiger partial charge in [0, 0.05) is 5.02 Å². The SMILES string of the molecule is C=CCN=C1NSc2ccc(Cl)cc2N1. The molecule has 15 heavy (non-hydrogen) atoms. The van der Waals surface area contributed by atoms with Crippen LogP contribution in [0.25, 0.3) is 0 Å². The first kappa shape index (κ1) is 10.4. The number of rotatable bonds is 2. The monoisotopic (exact) mass is 239 g/mol. The van der Waals surface area contributed by atoms with Crippen LogP contribution in [0.4, 0.5) is 5.69 Å². The molecule has 2 N–H and O–H groups in total. The van der Waals surface area contributed by atoms with Gasteiger partial charge in [-0.2, -0.15) is 0 Å². The van der Waals surface area contributed by atoms with Crippen LogP contribution in [0.5, 0.6) is 0 Å². The van der Waals surface area contributed by atoms with Crippen LogP contribution in [-0.4, -0.2) is 12.5 Å². The first-order valence-electron chi connectivity index (χ1n) is 4.44. The predicted molar refractivity (Wildman–Crippen MR) is 66.6 cm³/mol. The Morgan fingerprint density at radius 3 is 3.20 bits per heavy atom. The first-order chi connectivity index (χ1) is 7.29. The third-order valence-electron chi connectivity index (χ3n) is 1.83. The van der Waals surface area contributed by atoms with Gasteiger partial charge < -0.3 is 5.32 Å². The molecule has 3 nitrogen and oxygen atoms in total. The Kier molecular flexibility index (Phi) is 3.18. The maximum absolute atomic E-state index is 5.90. The Hall–Kier alpha value is -1.13. The maximum Gasteiger partial charge on any atom is 0.206 e. The molecule has 0 saturated heterocycles. The van der Waals surface area contributed by atoms with Gasteiger partial charge >= 0.3 is 0 Å². The summed E-state index contributed by atoms with van der Waals surface area (Å²) >= 11 is 7.42. The zero-order valence-corrected chi connectivity index (χ0v) is 9.53. The van der Waals surface area contributed by atoms with Crippen molar-refractivity contribution in [1.82, 2.24) is 4.72 Å². The van der Waals surface area contributed by atoms with E-state index in [-0.39, 0.29) is 0 Å². The fourth-order valence-electron chi connectivity index (χ4n) is 1.17. The van der Waals surface area contributed by atoms with Crippen molar-refractivity contribution in [2.75, 3.05) is 11.9 Å². The minimum Gasteiger partial charge on any atom is -0.325 e. The number of hydrogen-bond donors (Lipinski definition) is 2. The quantitative estimate of drug-likeness (QED) is 0.616. The summed E-state index contributed by atoms with van der Waals surface area (Å²) in [7, 11) is 0. The van der Waals surface area contributed by atoms with Gasteiger partial charge in [0.1, 0.15) is 0 Å². The van der Waals surface area contributed by atoms with Crippen LogP contribution < -0.4 is 10.0 Å². The largest absolute Gasteiger partial charge is 0.325 e. The molecule has 0 saturated carbocycles. The van der Waals surface area contributed by atoms with E-state index in [0.717, 1.165) is 16.5 Å². The average molecular weight is 240 g/mol. The number of aliphatic imine (C=N–C) groups is 1. The lowest BCUT2D eigenvalue weighted by atomic mass is 10.3. The number of anilines is 1. The van der Waals surface area contributed by atoms with Crippen molar-refractivity contribution < 1.29 is 0 Å². The molecule has 0 spiro atoms. The highest BCUT2D eigenvalue weighted by molar-refractivity contribution is 7.98. The summed E-state index contributed by atoms with van der Waals surface area (Å²) in [6, 6.07) is 5.71. The van der Waals surface area contributed by atoms with Gasteiger partial charge in [0.25, 0.3) is 0 Å². The van der Waals surface area contributed by atoms with E-state index in [9.17, 15) is 0 Å². The standard InChI is InChI=1S/C10H10ClN3S/c1-2-5-12-10-13-8-6-7(11)3-4-9(8)15-14-10/h2-4,6H,1,5H2,(H2,12,13,14). The van der Waals surface area contributed by atoms with Crippen LogP contribution in [0.2, 0.25) is 5.02 Å². The second-order valence-electron chi connectivity index (χ2n) is 2.95.